The van der Waals surface area contributed by atoms with Gasteiger partial charge in [0, 0.05) is 13.0 Å². The fourth-order valence-corrected chi connectivity index (χ4v) is 0.966. The van der Waals surface area contributed by atoms with Gasteiger partial charge in [0.2, 0.25) is 5.91 Å². The molecule has 0 aromatic heterocycles. The normalized spacial score (nSPS) is 14.0. The average molecular weight is 217 g/mol. The first-order valence-electron chi connectivity index (χ1n) is 4.53. The van der Waals surface area contributed by atoms with Gasteiger partial charge in [-0.2, -0.15) is 0 Å². The summed E-state index contributed by atoms with van der Waals surface area (Å²) >= 11 is 0. The summed E-state index contributed by atoms with van der Waals surface area (Å²) in [6, 6.07) is 0. The lowest BCUT2D eigenvalue weighted by Crippen LogP contribution is -2.42. The van der Waals surface area contributed by atoms with Crippen molar-refractivity contribution in [1.82, 2.24) is 5.32 Å². The van der Waals surface area contributed by atoms with Gasteiger partial charge in [0.05, 0.1) is 11.8 Å². The first kappa shape index (κ1) is 13.4. The summed E-state index contributed by atoms with van der Waals surface area (Å²) in [5, 5.41) is 19.8. The number of carboxylic acid groups (broad SMARTS) is 2. The number of hydrogen-bond acceptors (Lipinski definition) is 3. The standard InChI is InChI=1S/C9H15NO5/c1-3-6(11)10-5-9(2,8(14)15)4-7(12)13/h3-5H2,1-2H3,(H,10,11)(H,12,13)(H,14,15). The lowest BCUT2D eigenvalue weighted by atomic mass is 9.87. The molecular formula is C9H15NO5. The molecule has 86 valence electrons. The summed E-state index contributed by atoms with van der Waals surface area (Å²) in [4.78, 5) is 32.2. The Bertz CT molecular complexity index is 276. The van der Waals surface area contributed by atoms with E-state index < -0.39 is 23.8 Å². The largest absolute Gasteiger partial charge is 0.481 e. The number of rotatable bonds is 6. The van der Waals surface area contributed by atoms with Gasteiger partial charge < -0.3 is 15.5 Å². The van der Waals surface area contributed by atoms with Crippen LogP contribution in [0.15, 0.2) is 0 Å². The number of nitrogens with one attached hydrogen (secondary N) is 1. The molecule has 0 aliphatic carbocycles. The third-order valence-corrected chi connectivity index (χ3v) is 2.05. The van der Waals surface area contributed by atoms with Gasteiger partial charge in [0.25, 0.3) is 0 Å². The van der Waals surface area contributed by atoms with E-state index in [2.05, 4.69) is 5.32 Å². The van der Waals surface area contributed by atoms with Crippen molar-refractivity contribution in [1.29, 1.82) is 0 Å². The molecule has 0 saturated carbocycles. The van der Waals surface area contributed by atoms with Crippen LogP contribution < -0.4 is 5.32 Å². The van der Waals surface area contributed by atoms with E-state index in [1.807, 2.05) is 0 Å². The van der Waals surface area contributed by atoms with Crippen molar-refractivity contribution in [2.24, 2.45) is 5.41 Å². The second kappa shape index (κ2) is 5.33. The summed E-state index contributed by atoms with van der Waals surface area (Å²) in [5.74, 6) is -2.74. The minimum absolute atomic E-state index is 0.179. The fourth-order valence-electron chi connectivity index (χ4n) is 0.966. The van der Waals surface area contributed by atoms with Gasteiger partial charge in [0.15, 0.2) is 0 Å². The molecular weight excluding hydrogens is 202 g/mol. The van der Waals surface area contributed by atoms with Gasteiger partial charge in [0.1, 0.15) is 0 Å². The zero-order valence-electron chi connectivity index (χ0n) is 8.74. The SMILES string of the molecule is CCC(=O)NCC(C)(CC(=O)O)C(=O)O. The van der Waals surface area contributed by atoms with Crippen LogP contribution in [0.2, 0.25) is 0 Å². The summed E-state index contributed by atoms with van der Waals surface area (Å²) < 4.78 is 0. The van der Waals surface area contributed by atoms with Gasteiger partial charge in [-0.1, -0.05) is 6.92 Å². The molecule has 1 atom stereocenters. The fraction of sp³-hybridized carbons (Fsp3) is 0.667. The van der Waals surface area contributed by atoms with Crippen molar-refractivity contribution >= 4 is 17.8 Å². The number of carbonyl (C=O) groups is 3. The zero-order valence-corrected chi connectivity index (χ0v) is 8.74. The molecule has 0 aromatic carbocycles. The van der Waals surface area contributed by atoms with Gasteiger partial charge in [-0.3, -0.25) is 14.4 Å². The van der Waals surface area contributed by atoms with Crippen LogP contribution in [0.3, 0.4) is 0 Å². The molecule has 0 aliphatic heterocycles. The third kappa shape index (κ3) is 4.44. The number of hydrogen-bond donors (Lipinski definition) is 3. The molecule has 0 spiro atoms. The van der Waals surface area contributed by atoms with E-state index in [0.717, 1.165) is 0 Å². The molecule has 0 aromatic rings. The van der Waals surface area contributed by atoms with Crippen LogP contribution in [-0.4, -0.2) is 34.6 Å². The Morgan fingerprint density at radius 2 is 1.80 bits per heavy atom. The summed E-state index contributed by atoms with van der Waals surface area (Å²) in [6.45, 7) is 2.74. The predicted molar refractivity (Wildman–Crippen MR) is 51.3 cm³/mol. The Balaban J connectivity index is 4.45. The summed E-state index contributed by atoms with van der Waals surface area (Å²) in [5.41, 5.74) is -1.46. The van der Waals surface area contributed by atoms with Crippen LogP contribution >= 0.6 is 0 Å². The van der Waals surface area contributed by atoms with Crippen LogP contribution in [0.4, 0.5) is 0 Å². The smallest absolute Gasteiger partial charge is 0.311 e. The van der Waals surface area contributed by atoms with E-state index in [-0.39, 0.29) is 18.9 Å². The maximum Gasteiger partial charge on any atom is 0.311 e. The monoisotopic (exact) mass is 217 g/mol. The van der Waals surface area contributed by atoms with Gasteiger partial charge in [-0.25, -0.2) is 0 Å². The zero-order chi connectivity index (χ0) is 12.1. The van der Waals surface area contributed by atoms with Gasteiger partial charge in [-0.05, 0) is 6.92 Å². The van der Waals surface area contributed by atoms with Crippen LogP contribution in [0, 0.1) is 5.41 Å². The van der Waals surface area contributed by atoms with Gasteiger partial charge in [-0.15, -0.1) is 0 Å². The van der Waals surface area contributed by atoms with Crippen LogP contribution in [0.1, 0.15) is 26.7 Å². The topological polar surface area (TPSA) is 104 Å². The van der Waals surface area contributed by atoms with Crippen molar-refractivity contribution in [2.45, 2.75) is 26.7 Å². The molecule has 0 radical (unpaired) electrons. The van der Waals surface area contributed by atoms with Crippen LogP contribution in [-0.2, 0) is 14.4 Å². The van der Waals surface area contributed by atoms with E-state index in [9.17, 15) is 14.4 Å². The molecule has 1 amide bonds. The third-order valence-electron chi connectivity index (χ3n) is 2.05. The highest BCUT2D eigenvalue weighted by molar-refractivity contribution is 5.82. The Morgan fingerprint density at radius 3 is 2.13 bits per heavy atom. The minimum Gasteiger partial charge on any atom is -0.481 e. The van der Waals surface area contributed by atoms with Gasteiger partial charge >= 0.3 is 11.9 Å². The van der Waals surface area contributed by atoms with E-state index in [0.29, 0.717) is 0 Å². The van der Waals surface area contributed by atoms with E-state index in [4.69, 9.17) is 10.2 Å². The highest BCUT2D eigenvalue weighted by Crippen LogP contribution is 2.20. The first-order valence-corrected chi connectivity index (χ1v) is 4.53. The Kier molecular flexibility index (Phi) is 4.77. The maximum absolute atomic E-state index is 10.9. The second-order valence-electron chi connectivity index (χ2n) is 3.57. The molecule has 0 aliphatic rings. The summed E-state index contributed by atoms with van der Waals surface area (Å²) in [7, 11) is 0. The van der Waals surface area contributed by atoms with Crippen molar-refractivity contribution in [3.8, 4) is 0 Å². The molecule has 15 heavy (non-hydrogen) atoms. The number of carbonyl (C=O) groups excluding carboxylic acids is 1. The van der Waals surface area contributed by atoms with Crippen LogP contribution in [0.5, 0.6) is 0 Å². The molecule has 6 heteroatoms. The molecule has 6 nitrogen and oxygen atoms in total. The lowest BCUT2D eigenvalue weighted by Gasteiger charge is -2.22. The molecule has 0 rings (SSSR count). The highest BCUT2D eigenvalue weighted by Gasteiger charge is 2.35. The van der Waals surface area contributed by atoms with Crippen molar-refractivity contribution in [3.05, 3.63) is 0 Å². The van der Waals surface area contributed by atoms with E-state index in [1.54, 1.807) is 6.92 Å². The highest BCUT2D eigenvalue weighted by atomic mass is 16.4. The lowest BCUT2D eigenvalue weighted by molar-refractivity contribution is -0.154. The Hall–Kier alpha value is -1.59. The summed E-state index contributed by atoms with van der Waals surface area (Å²) in [6.07, 6.45) is -0.283. The second-order valence-corrected chi connectivity index (χ2v) is 3.57. The molecule has 0 heterocycles. The Morgan fingerprint density at radius 1 is 1.27 bits per heavy atom. The predicted octanol–water partition coefficient (Wildman–Crippen LogP) is 0.0782. The van der Waals surface area contributed by atoms with E-state index in [1.165, 1.54) is 6.92 Å². The quantitative estimate of drug-likeness (QED) is 0.584. The number of amides is 1. The molecule has 0 bridgehead atoms. The molecule has 0 saturated heterocycles. The van der Waals surface area contributed by atoms with Crippen molar-refractivity contribution in [2.75, 3.05) is 6.54 Å². The molecule has 1 unspecified atom stereocenters. The van der Waals surface area contributed by atoms with Crippen LogP contribution in [0.25, 0.3) is 0 Å². The van der Waals surface area contributed by atoms with Crippen molar-refractivity contribution < 1.29 is 24.6 Å². The number of carboxylic acids is 2. The average Bonchev–Trinajstić information content (AvgIpc) is 2.12. The minimum atomic E-state index is -1.46. The Labute approximate surface area is 87.3 Å². The molecule has 0 fully saturated rings. The number of aliphatic carboxylic acids is 2. The maximum atomic E-state index is 10.9. The molecule has 3 N–H and O–H groups in total. The first-order chi connectivity index (χ1) is 6.81. The van der Waals surface area contributed by atoms with E-state index >= 15 is 0 Å². The van der Waals surface area contributed by atoms with Crippen molar-refractivity contribution in [3.63, 3.8) is 0 Å².